The summed E-state index contributed by atoms with van der Waals surface area (Å²) in [5, 5.41) is 11.7. The molecule has 1 heterocycles. The van der Waals surface area contributed by atoms with E-state index in [2.05, 4.69) is 5.32 Å². The van der Waals surface area contributed by atoms with Crippen LogP contribution in [0.1, 0.15) is 27.2 Å². The van der Waals surface area contributed by atoms with Gasteiger partial charge in [0.25, 0.3) is 0 Å². The predicted molar refractivity (Wildman–Crippen MR) is 68.2 cm³/mol. The van der Waals surface area contributed by atoms with E-state index >= 15 is 0 Å². The summed E-state index contributed by atoms with van der Waals surface area (Å²) in [6.07, 6.45) is -1.34. The molecule has 2 N–H and O–H groups in total. The Morgan fingerprint density at radius 1 is 1.37 bits per heavy atom. The Balaban J connectivity index is 2.54. The van der Waals surface area contributed by atoms with Gasteiger partial charge in [-0.05, 0) is 27.2 Å². The van der Waals surface area contributed by atoms with Crippen molar-refractivity contribution in [2.75, 3.05) is 20.2 Å². The highest BCUT2D eigenvalue weighted by molar-refractivity contribution is 5.68. The molecular formula is C12H22N2O5. The van der Waals surface area contributed by atoms with E-state index in [1.54, 1.807) is 20.8 Å². The van der Waals surface area contributed by atoms with Gasteiger partial charge in [0.15, 0.2) is 0 Å². The molecule has 0 aliphatic carbocycles. The summed E-state index contributed by atoms with van der Waals surface area (Å²) in [7, 11) is 1.50. The third-order valence-electron chi connectivity index (χ3n) is 2.83. The highest BCUT2D eigenvalue weighted by Crippen LogP contribution is 2.15. The van der Waals surface area contributed by atoms with Crippen molar-refractivity contribution in [1.29, 1.82) is 0 Å². The average molecular weight is 274 g/mol. The number of methoxy groups -OCH3 is 1. The number of nitrogens with zero attached hydrogens (tertiary/aromatic N) is 1. The SMILES string of the molecule is CO[C@@H]1CN(C(=O)O)CC[C@H]1NC(=O)OC(C)(C)C. The minimum Gasteiger partial charge on any atom is -0.465 e. The number of carbonyl (C=O) groups is 2. The van der Waals surface area contributed by atoms with Gasteiger partial charge in [-0.2, -0.15) is 0 Å². The second kappa shape index (κ2) is 6.10. The number of nitrogens with one attached hydrogen (secondary N) is 1. The van der Waals surface area contributed by atoms with Crippen LogP contribution in [0, 0.1) is 0 Å². The lowest BCUT2D eigenvalue weighted by atomic mass is 10.0. The zero-order valence-electron chi connectivity index (χ0n) is 11.8. The second-order valence-corrected chi connectivity index (χ2v) is 5.54. The number of piperidine rings is 1. The average Bonchev–Trinajstić information content (AvgIpc) is 2.26. The minimum atomic E-state index is -0.974. The van der Waals surface area contributed by atoms with Crippen LogP contribution < -0.4 is 5.32 Å². The van der Waals surface area contributed by atoms with E-state index in [1.165, 1.54) is 12.0 Å². The number of carbonyl (C=O) groups excluding carboxylic acids is 1. The van der Waals surface area contributed by atoms with Crippen LogP contribution in [-0.2, 0) is 9.47 Å². The lowest BCUT2D eigenvalue weighted by Gasteiger charge is -2.36. The lowest BCUT2D eigenvalue weighted by Crippen LogP contribution is -2.56. The normalized spacial score (nSPS) is 23.9. The van der Waals surface area contributed by atoms with E-state index in [0.29, 0.717) is 13.0 Å². The smallest absolute Gasteiger partial charge is 0.407 e. The number of alkyl carbamates (subject to hydrolysis) is 1. The van der Waals surface area contributed by atoms with Crippen LogP contribution in [0.3, 0.4) is 0 Å². The van der Waals surface area contributed by atoms with E-state index in [1.807, 2.05) is 0 Å². The number of likely N-dealkylation sites (tertiary alicyclic amines) is 1. The standard InChI is InChI=1S/C12H22N2O5/c1-12(2,3)19-10(15)13-8-5-6-14(11(16)17)7-9(8)18-4/h8-9H,5-7H2,1-4H3,(H,13,15)(H,16,17)/t8-,9-/m1/s1. The van der Waals surface area contributed by atoms with Gasteiger partial charge in [-0.15, -0.1) is 0 Å². The van der Waals surface area contributed by atoms with Crippen LogP contribution in [0.5, 0.6) is 0 Å². The third-order valence-corrected chi connectivity index (χ3v) is 2.83. The molecular weight excluding hydrogens is 252 g/mol. The summed E-state index contributed by atoms with van der Waals surface area (Å²) in [5.41, 5.74) is -0.561. The van der Waals surface area contributed by atoms with Crippen LogP contribution in [0.4, 0.5) is 9.59 Å². The first kappa shape index (κ1) is 15.6. The van der Waals surface area contributed by atoms with Crippen LogP contribution in [-0.4, -0.2) is 60.1 Å². The molecule has 0 radical (unpaired) electrons. The van der Waals surface area contributed by atoms with Crippen LogP contribution in [0.2, 0.25) is 0 Å². The fraction of sp³-hybridized carbons (Fsp3) is 0.833. The van der Waals surface area contributed by atoms with E-state index in [0.717, 1.165) is 0 Å². The first-order valence-electron chi connectivity index (χ1n) is 6.23. The van der Waals surface area contributed by atoms with Crippen LogP contribution in [0.15, 0.2) is 0 Å². The van der Waals surface area contributed by atoms with Crippen LogP contribution in [0.25, 0.3) is 0 Å². The molecule has 0 saturated carbocycles. The summed E-state index contributed by atoms with van der Waals surface area (Å²) in [6, 6.07) is -0.240. The van der Waals surface area contributed by atoms with Crippen LogP contribution >= 0.6 is 0 Å². The Labute approximate surface area is 112 Å². The van der Waals surface area contributed by atoms with Crippen molar-refractivity contribution in [3.05, 3.63) is 0 Å². The molecule has 19 heavy (non-hydrogen) atoms. The summed E-state index contributed by atoms with van der Waals surface area (Å²) in [5.74, 6) is 0. The first-order valence-corrected chi connectivity index (χ1v) is 6.23. The zero-order chi connectivity index (χ0) is 14.6. The number of rotatable bonds is 2. The van der Waals surface area contributed by atoms with E-state index in [4.69, 9.17) is 14.6 Å². The molecule has 0 spiro atoms. The molecule has 0 unspecified atom stereocenters. The molecule has 1 aliphatic rings. The van der Waals surface area contributed by atoms with Crippen molar-refractivity contribution in [2.24, 2.45) is 0 Å². The molecule has 2 amide bonds. The van der Waals surface area contributed by atoms with Gasteiger partial charge in [0, 0.05) is 13.7 Å². The number of carboxylic acid groups (broad SMARTS) is 1. The number of hydrogen-bond acceptors (Lipinski definition) is 4. The molecule has 1 aliphatic heterocycles. The molecule has 0 aromatic rings. The Morgan fingerprint density at radius 3 is 2.47 bits per heavy atom. The molecule has 7 nitrogen and oxygen atoms in total. The third kappa shape index (κ3) is 4.94. The van der Waals surface area contributed by atoms with Gasteiger partial charge in [-0.25, -0.2) is 9.59 Å². The Bertz CT molecular complexity index is 340. The van der Waals surface area contributed by atoms with Gasteiger partial charge in [-0.3, -0.25) is 0 Å². The van der Waals surface area contributed by atoms with E-state index < -0.39 is 17.8 Å². The quantitative estimate of drug-likeness (QED) is 0.792. The maximum atomic E-state index is 11.7. The van der Waals surface area contributed by atoms with Gasteiger partial charge >= 0.3 is 12.2 Å². The van der Waals surface area contributed by atoms with Crippen molar-refractivity contribution < 1.29 is 24.2 Å². The second-order valence-electron chi connectivity index (χ2n) is 5.54. The molecule has 0 aromatic carbocycles. The minimum absolute atomic E-state index is 0.240. The van der Waals surface area contributed by atoms with Crippen molar-refractivity contribution in [1.82, 2.24) is 10.2 Å². The maximum absolute atomic E-state index is 11.7. The monoisotopic (exact) mass is 274 g/mol. The molecule has 0 bridgehead atoms. The van der Waals surface area contributed by atoms with Crippen molar-refractivity contribution in [3.63, 3.8) is 0 Å². The molecule has 110 valence electrons. The Morgan fingerprint density at radius 2 is 2.00 bits per heavy atom. The van der Waals surface area contributed by atoms with Crippen molar-refractivity contribution in [2.45, 2.75) is 44.9 Å². The fourth-order valence-electron chi connectivity index (χ4n) is 1.95. The molecule has 1 rings (SSSR count). The Kier molecular flexibility index (Phi) is 4.99. The summed E-state index contributed by atoms with van der Waals surface area (Å²) < 4.78 is 10.4. The van der Waals surface area contributed by atoms with Crippen molar-refractivity contribution in [3.8, 4) is 0 Å². The summed E-state index contributed by atoms with van der Waals surface area (Å²) in [4.78, 5) is 23.9. The molecule has 1 fully saturated rings. The first-order chi connectivity index (χ1) is 8.73. The number of ether oxygens (including phenoxy) is 2. The number of hydrogen-bond donors (Lipinski definition) is 2. The summed E-state index contributed by atoms with van der Waals surface area (Å²) >= 11 is 0. The molecule has 2 atom stereocenters. The van der Waals surface area contributed by atoms with E-state index in [-0.39, 0.29) is 18.7 Å². The fourth-order valence-corrected chi connectivity index (χ4v) is 1.95. The van der Waals surface area contributed by atoms with Gasteiger partial charge < -0.3 is 24.8 Å². The van der Waals surface area contributed by atoms with E-state index in [9.17, 15) is 9.59 Å². The molecule has 1 saturated heterocycles. The highest BCUT2D eigenvalue weighted by atomic mass is 16.6. The number of amides is 2. The largest absolute Gasteiger partial charge is 0.465 e. The Hall–Kier alpha value is -1.50. The van der Waals surface area contributed by atoms with Crippen molar-refractivity contribution >= 4 is 12.2 Å². The van der Waals surface area contributed by atoms with Gasteiger partial charge in [0.05, 0.1) is 18.7 Å². The predicted octanol–water partition coefficient (Wildman–Crippen LogP) is 1.28. The van der Waals surface area contributed by atoms with Gasteiger partial charge in [-0.1, -0.05) is 0 Å². The molecule has 7 heteroatoms. The molecule has 0 aromatic heterocycles. The maximum Gasteiger partial charge on any atom is 0.407 e. The highest BCUT2D eigenvalue weighted by Gasteiger charge is 2.33. The summed E-state index contributed by atoms with van der Waals surface area (Å²) in [6.45, 7) is 5.97. The van der Waals surface area contributed by atoms with Gasteiger partial charge in [0.1, 0.15) is 5.60 Å². The lowest BCUT2D eigenvalue weighted by molar-refractivity contribution is 0.00134. The van der Waals surface area contributed by atoms with Gasteiger partial charge in [0.2, 0.25) is 0 Å². The zero-order valence-corrected chi connectivity index (χ0v) is 11.8. The topological polar surface area (TPSA) is 88.1 Å².